The highest BCUT2D eigenvalue weighted by molar-refractivity contribution is 5.81. The first kappa shape index (κ1) is 25.3. The highest BCUT2D eigenvalue weighted by Crippen LogP contribution is 2.18. The van der Waals surface area contributed by atoms with Gasteiger partial charge in [0.15, 0.2) is 11.2 Å². The number of aliphatic hydroxyl groups is 1. The molecule has 3 N–H and O–H groups in total. The molecule has 0 saturated carbocycles. The molecule has 192 valence electrons. The smallest absolute Gasteiger partial charge is 0.329 e. The summed E-state index contributed by atoms with van der Waals surface area (Å²) in [6.45, 7) is 1.89. The number of aromatic nitrogens is 4. The number of hydrazone groups is 1. The zero-order valence-corrected chi connectivity index (χ0v) is 20.1. The van der Waals surface area contributed by atoms with Crippen molar-refractivity contribution in [3.05, 3.63) is 90.6 Å². The zero-order valence-electron chi connectivity index (χ0n) is 20.1. The van der Waals surface area contributed by atoms with Crippen LogP contribution in [0.2, 0.25) is 0 Å². The predicted octanol–water partition coefficient (Wildman–Crippen LogP) is 1.78. The largest absolute Gasteiger partial charge is 0.491 e. The molecule has 1 atom stereocenters. The minimum absolute atomic E-state index is 0.0569. The molecule has 0 aliphatic heterocycles. The summed E-state index contributed by atoms with van der Waals surface area (Å²) in [6.07, 6.45) is 1.20. The standard InChI is InChI=1S/C24H25N7O6/c1-3-15-7-9-19(10-8-15)37-14-18(32)13-30-20-21(29(2)24(34)27-22(20)33)26-23(30)28-25-12-16-5-4-6-17(11-16)31(35)36/h4-12,18,32H,3,13-14H2,1-2H3,(H,26,28)(H,27,33,34)/b25-12+. The molecule has 1 unspecified atom stereocenters. The third-order valence-corrected chi connectivity index (χ3v) is 5.63. The van der Waals surface area contributed by atoms with Crippen LogP contribution in [-0.2, 0) is 20.0 Å². The number of aromatic amines is 1. The topological polar surface area (TPSA) is 170 Å². The number of nitrogens with one attached hydrogen (secondary N) is 2. The highest BCUT2D eigenvalue weighted by atomic mass is 16.6. The molecular formula is C24H25N7O6. The summed E-state index contributed by atoms with van der Waals surface area (Å²) in [6, 6.07) is 13.4. The Balaban J connectivity index is 1.59. The normalized spacial score (nSPS) is 12.2. The van der Waals surface area contributed by atoms with E-state index >= 15 is 0 Å². The second kappa shape index (κ2) is 10.9. The van der Waals surface area contributed by atoms with Crippen molar-refractivity contribution >= 4 is 29.0 Å². The Bertz CT molecular complexity index is 1570. The van der Waals surface area contributed by atoms with E-state index in [0.29, 0.717) is 11.3 Å². The molecule has 0 fully saturated rings. The first-order chi connectivity index (χ1) is 17.8. The summed E-state index contributed by atoms with van der Waals surface area (Å²) in [5.41, 5.74) is 3.04. The SMILES string of the molecule is CCc1ccc(OCC(O)Cn2c(N/N=C/c3cccc([N+](=O)[O-])c3)nc3c2c(=O)[nH]c(=O)n3C)cc1. The number of hydrogen-bond acceptors (Lipinski definition) is 9. The summed E-state index contributed by atoms with van der Waals surface area (Å²) in [5, 5.41) is 25.8. The van der Waals surface area contributed by atoms with Crippen LogP contribution in [0.3, 0.4) is 0 Å². The van der Waals surface area contributed by atoms with Gasteiger partial charge in [0.2, 0.25) is 5.95 Å². The summed E-state index contributed by atoms with van der Waals surface area (Å²) >= 11 is 0. The van der Waals surface area contributed by atoms with Gasteiger partial charge < -0.3 is 14.4 Å². The first-order valence-corrected chi connectivity index (χ1v) is 11.4. The van der Waals surface area contributed by atoms with E-state index in [1.807, 2.05) is 31.2 Å². The minimum Gasteiger partial charge on any atom is -0.491 e. The highest BCUT2D eigenvalue weighted by Gasteiger charge is 2.20. The Hall–Kier alpha value is -4.78. The quantitative estimate of drug-likeness (QED) is 0.166. The molecule has 2 aromatic heterocycles. The minimum atomic E-state index is -1.04. The molecular weight excluding hydrogens is 482 g/mol. The molecule has 2 aromatic carbocycles. The Kier molecular flexibility index (Phi) is 7.44. The van der Waals surface area contributed by atoms with Gasteiger partial charge in [0.25, 0.3) is 11.2 Å². The summed E-state index contributed by atoms with van der Waals surface area (Å²) in [4.78, 5) is 41.7. The van der Waals surface area contributed by atoms with Crippen molar-refractivity contribution < 1.29 is 14.8 Å². The number of imidazole rings is 1. The lowest BCUT2D eigenvalue weighted by Crippen LogP contribution is -2.30. The fraction of sp³-hybridized carbons (Fsp3) is 0.250. The van der Waals surface area contributed by atoms with Gasteiger partial charge in [0.1, 0.15) is 18.5 Å². The Morgan fingerprint density at radius 1 is 1.27 bits per heavy atom. The van der Waals surface area contributed by atoms with Crippen LogP contribution in [0, 0.1) is 10.1 Å². The average Bonchev–Trinajstić information content (AvgIpc) is 3.25. The fourth-order valence-electron chi connectivity index (χ4n) is 3.66. The number of fused-ring (bicyclic) bond motifs is 1. The molecule has 13 nitrogen and oxygen atoms in total. The van der Waals surface area contributed by atoms with Crippen molar-refractivity contribution in [1.82, 2.24) is 19.1 Å². The molecule has 0 aliphatic rings. The Morgan fingerprint density at radius 3 is 2.73 bits per heavy atom. The second-order valence-electron chi connectivity index (χ2n) is 8.22. The van der Waals surface area contributed by atoms with Crippen LogP contribution < -0.4 is 21.4 Å². The van der Waals surface area contributed by atoms with Crippen LogP contribution in [0.4, 0.5) is 11.6 Å². The van der Waals surface area contributed by atoms with Gasteiger partial charge in [-0.1, -0.05) is 31.2 Å². The van der Waals surface area contributed by atoms with Crippen molar-refractivity contribution in [3.63, 3.8) is 0 Å². The molecule has 13 heteroatoms. The van der Waals surface area contributed by atoms with Gasteiger partial charge in [0, 0.05) is 24.7 Å². The van der Waals surface area contributed by atoms with Gasteiger partial charge in [-0.15, -0.1) is 0 Å². The van der Waals surface area contributed by atoms with E-state index < -0.39 is 22.3 Å². The number of benzene rings is 2. The monoisotopic (exact) mass is 507 g/mol. The summed E-state index contributed by atoms with van der Waals surface area (Å²) in [5.74, 6) is 0.668. The lowest BCUT2D eigenvalue weighted by atomic mass is 10.2. The molecule has 0 aliphatic carbocycles. The number of ether oxygens (including phenoxy) is 1. The van der Waals surface area contributed by atoms with Gasteiger partial charge in [-0.2, -0.15) is 10.1 Å². The van der Waals surface area contributed by atoms with Crippen molar-refractivity contribution in [1.29, 1.82) is 0 Å². The van der Waals surface area contributed by atoms with Crippen LogP contribution in [0.1, 0.15) is 18.1 Å². The lowest BCUT2D eigenvalue weighted by molar-refractivity contribution is -0.384. The number of nitro benzene ring substituents is 1. The third kappa shape index (κ3) is 5.73. The van der Waals surface area contributed by atoms with Gasteiger partial charge in [-0.25, -0.2) is 10.2 Å². The number of non-ortho nitro benzene ring substituents is 1. The Labute approximate surface area is 209 Å². The van der Waals surface area contributed by atoms with Crippen LogP contribution in [-0.4, -0.2) is 48.1 Å². The molecule has 2 heterocycles. The fourth-order valence-corrected chi connectivity index (χ4v) is 3.66. The van der Waals surface area contributed by atoms with Crippen molar-refractivity contribution in [2.24, 2.45) is 12.1 Å². The van der Waals surface area contributed by atoms with Crippen molar-refractivity contribution in [3.8, 4) is 5.75 Å². The van der Waals surface area contributed by atoms with Crippen LogP contribution in [0.25, 0.3) is 11.2 Å². The van der Waals surface area contributed by atoms with Crippen molar-refractivity contribution in [2.45, 2.75) is 26.0 Å². The molecule has 0 bridgehead atoms. The third-order valence-electron chi connectivity index (χ3n) is 5.63. The first-order valence-electron chi connectivity index (χ1n) is 11.4. The number of nitro groups is 1. The van der Waals surface area contributed by atoms with E-state index in [1.54, 1.807) is 6.07 Å². The number of H-pyrrole nitrogens is 1. The van der Waals surface area contributed by atoms with E-state index in [-0.39, 0.29) is 36.0 Å². The second-order valence-corrected chi connectivity index (χ2v) is 8.22. The van der Waals surface area contributed by atoms with Gasteiger partial charge in [-0.05, 0) is 24.1 Å². The zero-order chi connectivity index (χ0) is 26.5. The lowest BCUT2D eigenvalue weighted by Gasteiger charge is -2.15. The molecule has 0 amide bonds. The van der Waals surface area contributed by atoms with Crippen molar-refractivity contribution in [2.75, 3.05) is 12.0 Å². The summed E-state index contributed by atoms with van der Waals surface area (Å²) in [7, 11) is 1.45. The molecule has 37 heavy (non-hydrogen) atoms. The Morgan fingerprint density at radius 2 is 2.03 bits per heavy atom. The molecule has 4 rings (SSSR count). The number of aliphatic hydroxyl groups excluding tert-OH is 1. The van der Waals surface area contributed by atoms with Gasteiger partial charge >= 0.3 is 5.69 Å². The van der Waals surface area contributed by atoms with Crippen LogP contribution >= 0.6 is 0 Å². The predicted molar refractivity (Wildman–Crippen MR) is 137 cm³/mol. The molecule has 0 radical (unpaired) electrons. The van der Waals surface area contributed by atoms with Crippen LogP contribution in [0.15, 0.2) is 63.2 Å². The number of anilines is 1. The van der Waals surface area contributed by atoms with Gasteiger partial charge in [0.05, 0.1) is 17.7 Å². The summed E-state index contributed by atoms with van der Waals surface area (Å²) < 4.78 is 8.24. The number of aryl methyl sites for hydroxylation is 2. The average molecular weight is 508 g/mol. The number of nitrogens with zero attached hydrogens (tertiary/aromatic N) is 5. The molecule has 4 aromatic rings. The maximum absolute atomic E-state index is 12.6. The van der Waals surface area contributed by atoms with E-state index in [4.69, 9.17) is 4.74 Å². The maximum Gasteiger partial charge on any atom is 0.329 e. The van der Waals surface area contributed by atoms with E-state index in [2.05, 4.69) is 20.5 Å². The molecule has 0 saturated heterocycles. The van der Waals surface area contributed by atoms with Gasteiger partial charge in [-0.3, -0.25) is 24.5 Å². The number of hydrogen-bond donors (Lipinski definition) is 3. The van der Waals surface area contributed by atoms with E-state index in [9.17, 15) is 24.8 Å². The molecule has 0 spiro atoms. The maximum atomic E-state index is 12.6. The van der Waals surface area contributed by atoms with E-state index in [1.165, 1.54) is 40.6 Å². The van der Waals surface area contributed by atoms with E-state index in [0.717, 1.165) is 12.0 Å². The number of rotatable bonds is 10. The van der Waals surface area contributed by atoms with Crippen LogP contribution in [0.5, 0.6) is 5.75 Å².